The summed E-state index contributed by atoms with van der Waals surface area (Å²) in [5, 5.41) is 0. The third kappa shape index (κ3) is 16.1. The van der Waals surface area contributed by atoms with Gasteiger partial charge in [0.2, 0.25) is 0 Å². The molecule has 0 N–H and O–H groups in total. The van der Waals surface area contributed by atoms with Gasteiger partial charge in [-0.15, -0.1) is 37.7 Å². The van der Waals surface area contributed by atoms with E-state index in [-0.39, 0.29) is 51.0 Å². The van der Waals surface area contributed by atoms with Crippen molar-refractivity contribution >= 4 is 41.0 Å². The molecule has 0 unspecified atom stereocenters. The van der Waals surface area contributed by atoms with Crippen LogP contribution in [0.1, 0.15) is 12.8 Å². The van der Waals surface area contributed by atoms with Crippen molar-refractivity contribution < 1.29 is 26.2 Å². The summed E-state index contributed by atoms with van der Waals surface area (Å²) in [7, 11) is -1.75. The largest absolute Gasteiger partial charge is 2.00 e. The second-order valence-corrected chi connectivity index (χ2v) is 19.0. The maximum Gasteiger partial charge on any atom is 2.00 e. The molecule has 0 amide bonds. The molecule has 0 aromatic heterocycles. The third-order valence-corrected chi connectivity index (χ3v) is 5.86. The molecule has 0 saturated carbocycles. The molecule has 2 aliphatic carbocycles. The number of rotatable bonds is 4. The van der Waals surface area contributed by atoms with E-state index < -0.39 is 16.1 Å². The van der Waals surface area contributed by atoms with Gasteiger partial charge in [-0.1, -0.05) is 51.4 Å². The number of hydrogen-bond donors (Lipinski definition) is 0. The van der Waals surface area contributed by atoms with Gasteiger partial charge < -0.3 is 0 Å². The first kappa shape index (κ1) is 28.7. The molecule has 0 atom stereocenters. The fraction of sp³-hybridized carbons (Fsp3) is 0.556. The van der Waals surface area contributed by atoms with Crippen LogP contribution in [0.5, 0.6) is 0 Å². The Kier molecular flexibility index (Phi) is 16.3. The second-order valence-electron chi connectivity index (χ2n) is 8.09. The normalized spacial score (nSPS) is 15.4. The van der Waals surface area contributed by atoms with E-state index in [2.05, 4.69) is 75.7 Å². The fourth-order valence-corrected chi connectivity index (χ4v) is 5.06. The summed E-state index contributed by atoms with van der Waals surface area (Å²) in [6, 6.07) is 2.59. The van der Waals surface area contributed by atoms with Crippen LogP contribution in [-0.4, -0.2) is 16.1 Å². The minimum absolute atomic E-state index is 0. The van der Waals surface area contributed by atoms with Crippen LogP contribution in [0.25, 0.3) is 0 Å². The van der Waals surface area contributed by atoms with Gasteiger partial charge in [0.1, 0.15) is 0 Å². The van der Waals surface area contributed by atoms with E-state index in [4.69, 9.17) is 0 Å². The van der Waals surface area contributed by atoms with Gasteiger partial charge in [0.25, 0.3) is 0 Å². The van der Waals surface area contributed by atoms with Gasteiger partial charge in [0.05, 0.1) is 0 Å². The van der Waals surface area contributed by atoms with Gasteiger partial charge in [-0.25, -0.2) is 23.3 Å². The summed E-state index contributed by atoms with van der Waals surface area (Å²) in [4.78, 5) is 0. The summed E-state index contributed by atoms with van der Waals surface area (Å²) in [6.07, 6.45) is 17.6. The molecule has 0 aromatic rings. The van der Waals surface area contributed by atoms with Gasteiger partial charge >= 0.3 is 26.2 Å². The van der Waals surface area contributed by atoms with Crippen molar-refractivity contribution in [1.82, 2.24) is 0 Å². The average Bonchev–Trinajstić information content (AvgIpc) is 2.87. The molecule has 0 spiro atoms. The average molecular weight is 467 g/mol. The standard InChI is InChI=1S/2C9H15Si.2ClH.Zr/c2*1-10(2,3)8-9-6-4-5-7-9;;;/h2*4,6H,5,8H2,1-3H3;2*1H;/q2*-1;;;+2. The van der Waals surface area contributed by atoms with Crippen LogP contribution >= 0.6 is 24.8 Å². The zero-order valence-electron chi connectivity index (χ0n) is 15.5. The molecule has 5 heteroatoms. The first-order chi connectivity index (χ1) is 9.16. The summed E-state index contributed by atoms with van der Waals surface area (Å²) in [5.74, 6) is 0. The maximum atomic E-state index is 3.35. The Bertz CT molecular complexity index is 397. The van der Waals surface area contributed by atoms with Crippen LogP contribution in [0.15, 0.2) is 35.5 Å². The smallest absolute Gasteiger partial charge is 0.270 e. The van der Waals surface area contributed by atoms with Crippen LogP contribution in [0.3, 0.4) is 0 Å². The number of allylic oxidation sites excluding steroid dienone is 8. The Hall–Kier alpha value is 0.857. The molecule has 0 aromatic carbocycles. The van der Waals surface area contributed by atoms with Crippen molar-refractivity contribution in [2.24, 2.45) is 0 Å². The summed E-state index contributed by atoms with van der Waals surface area (Å²) in [6.45, 7) is 14.4. The minimum Gasteiger partial charge on any atom is -0.270 e. The van der Waals surface area contributed by atoms with Crippen molar-refractivity contribution in [1.29, 1.82) is 0 Å². The Morgan fingerprint density at radius 3 is 1.22 bits per heavy atom. The molecule has 0 heterocycles. The monoisotopic (exact) mass is 464 g/mol. The molecular weight excluding hydrogens is 434 g/mol. The van der Waals surface area contributed by atoms with E-state index in [1.807, 2.05) is 0 Å². The Balaban J connectivity index is -0.000000308. The summed E-state index contributed by atoms with van der Waals surface area (Å²) >= 11 is 0. The topological polar surface area (TPSA) is 0 Å². The van der Waals surface area contributed by atoms with Gasteiger partial charge in [0, 0.05) is 16.1 Å². The fourth-order valence-electron chi connectivity index (χ4n) is 2.29. The maximum absolute atomic E-state index is 3.35. The molecule has 0 bridgehead atoms. The Labute approximate surface area is 177 Å². The Morgan fingerprint density at radius 2 is 1.04 bits per heavy atom. The van der Waals surface area contributed by atoms with E-state index in [1.165, 1.54) is 23.2 Å². The van der Waals surface area contributed by atoms with Crippen molar-refractivity contribution in [3.8, 4) is 0 Å². The summed E-state index contributed by atoms with van der Waals surface area (Å²) in [5.41, 5.74) is 2.89. The van der Waals surface area contributed by atoms with Crippen LogP contribution in [0, 0.1) is 12.2 Å². The molecular formula is C18H32Cl2Si2Zr. The van der Waals surface area contributed by atoms with Crippen LogP contribution in [0.4, 0.5) is 0 Å². The molecule has 0 fully saturated rings. The van der Waals surface area contributed by atoms with Crippen molar-refractivity contribution in [3.05, 3.63) is 47.6 Å². The van der Waals surface area contributed by atoms with Crippen LogP contribution < -0.4 is 0 Å². The minimum atomic E-state index is -0.873. The molecule has 0 aliphatic heterocycles. The van der Waals surface area contributed by atoms with Crippen LogP contribution in [0.2, 0.25) is 51.4 Å². The Morgan fingerprint density at radius 1 is 0.739 bits per heavy atom. The molecule has 2 rings (SSSR count). The van der Waals surface area contributed by atoms with E-state index in [9.17, 15) is 0 Å². The van der Waals surface area contributed by atoms with E-state index in [1.54, 1.807) is 0 Å². The van der Waals surface area contributed by atoms with Gasteiger partial charge in [0.15, 0.2) is 0 Å². The van der Waals surface area contributed by atoms with Gasteiger partial charge in [-0.3, -0.25) is 12.2 Å². The van der Waals surface area contributed by atoms with Crippen LogP contribution in [-0.2, 0) is 26.2 Å². The van der Waals surface area contributed by atoms with Gasteiger partial charge in [-0.05, 0) is 0 Å². The van der Waals surface area contributed by atoms with Crippen molar-refractivity contribution in [2.45, 2.75) is 64.2 Å². The zero-order chi connectivity index (χ0) is 15.2. The van der Waals surface area contributed by atoms with Crippen molar-refractivity contribution in [2.75, 3.05) is 0 Å². The van der Waals surface area contributed by atoms with Gasteiger partial charge in [-0.2, -0.15) is 12.2 Å². The molecule has 0 nitrogen and oxygen atoms in total. The van der Waals surface area contributed by atoms with E-state index in [0.717, 1.165) is 12.8 Å². The molecule has 0 saturated heterocycles. The predicted octanol–water partition coefficient (Wildman–Crippen LogP) is 6.87. The van der Waals surface area contributed by atoms with E-state index >= 15 is 0 Å². The second kappa shape index (κ2) is 13.1. The number of hydrogen-bond acceptors (Lipinski definition) is 0. The third-order valence-electron chi connectivity index (χ3n) is 2.97. The molecule has 130 valence electrons. The predicted molar refractivity (Wildman–Crippen MR) is 112 cm³/mol. The quantitative estimate of drug-likeness (QED) is 0.313. The SMILES string of the molecule is C[Si](C)(C)CC1=[C-]CC=C1.C[Si](C)(C)CC1=[C-]CC=C1.Cl.Cl.[Zr+2]. The molecule has 23 heavy (non-hydrogen) atoms. The zero-order valence-corrected chi connectivity index (χ0v) is 21.5. The molecule has 0 radical (unpaired) electrons. The summed E-state index contributed by atoms with van der Waals surface area (Å²) < 4.78 is 0. The first-order valence-electron chi connectivity index (χ1n) is 7.68. The van der Waals surface area contributed by atoms with E-state index in [0.29, 0.717) is 0 Å². The first-order valence-corrected chi connectivity index (χ1v) is 15.1. The molecule has 2 aliphatic rings. The number of halogens is 2. The van der Waals surface area contributed by atoms with Crippen molar-refractivity contribution in [3.63, 3.8) is 0 Å².